The quantitative estimate of drug-likeness (QED) is 0.888. The van der Waals surface area contributed by atoms with Crippen molar-refractivity contribution in [3.63, 3.8) is 0 Å². The fraction of sp³-hybridized carbons (Fsp3) is 0.250. The molecule has 116 valence electrons. The highest BCUT2D eigenvalue weighted by Crippen LogP contribution is 2.27. The Morgan fingerprint density at radius 1 is 1.36 bits per heavy atom. The number of amides is 1. The minimum absolute atomic E-state index is 0.133. The van der Waals surface area contributed by atoms with E-state index in [1.807, 2.05) is 19.9 Å². The SMILES string of the molecule is Cc1cc(C)c(NC(=O)COc2ccc(CO)nc2)c(Cl)c1. The van der Waals surface area contributed by atoms with Crippen molar-refractivity contribution in [3.05, 3.63) is 52.3 Å². The number of aliphatic hydroxyl groups excluding tert-OH is 1. The molecule has 0 unspecified atom stereocenters. The minimum Gasteiger partial charge on any atom is -0.482 e. The molecule has 0 spiro atoms. The number of rotatable bonds is 5. The van der Waals surface area contributed by atoms with Gasteiger partial charge in [-0.2, -0.15) is 0 Å². The van der Waals surface area contributed by atoms with Gasteiger partial charge in [0.15, 0.2) is 6.61 Å². The van der Waals surface area contributed by atoms with Gasteiger partial charge in [-0.15, -0.1) is 0 Å². The zero-order chi connectivity index (χ0) is 16.1. The summed E-state index contributed by atoms with van der Waals surface area (Å²) in [6.07, 6.45) is 1.46. The number of hydrogen-bond acceptors (Lipinski definition) is 4. The molecule has 22 heavy (non-hydrogen) atoms. The summed E-state index contributed by atoms with van der Waals surface area (Å²) >= 11 is 6.14. The number of carbonyl (C=O) groups is 1. The molecule has 0 aliphatic carbocycles. The van der Waals surface area contributed by atoms with Gasteiger partial charge in [-0.1, -0.05) is 17.7 Å². The summed E-state index contributed by atoms with van der Waals surface area (Å²) in [5, 5.41) is 12.1. The van der Waals surface area contributed by atoms with E-state index in [2.05, 4.69) is 10.3 Å². The number of aryl methyl sites for hydroxylation is 2. The van der Waals surface area contributed by atoms with Crippen LogP contribution in [0.5, 0.6) is 5.75 Å². The van der Waals surface area contributed by atoms with Gasteiger partial charge < -0.3 is 15.2 Å². The lowest BCUT2D eigenvalue weighted by atomic mass is 10.1. The zero-order valence-electron chi connectivity index (χ0n) is 12.4. The Kier molecular flexibility index (Phi) is 5.35. The monoisotopic (exact) mass is 320 g/mol. The topological polar surface area (TPSA) is 71.5 Å². The molecule has 1 heterocycles. The lowest BCUT2D eigenvalue weighted by molar-refractivity contribution is -0.118. The largest absolute Gasteiger partial charge is 0.482 e. The summed E-state index contributed by atoms with van der Waals surface area (Å²) in [4.78, 5) is 15.9. The number of carbonyl (C=O) groups excluding carboxylic acids is 1. The Hall–Kier alpha value is -2.11. The van der Waals surface area contributed by atoms with Crippen LogP contribution in [0, 0.1) is 13.8 Å². The molecule has 0 radical (unpaired) electrons. The Bertz CT molecular complexity index is 649. The zero-order valence-corrected chi connectivity index (χ0v) is 13.1. The number of aliphatic hydroxyl groups is 1. The molecule has 2 rings (SSSR count). The highest BCUT2D eigenvalue weighted by molar-refractivity contribution is 6.34. The predicted molar refractivity (Wildman–Crippen MR) is 85.2 cm³/mol. The first-order valence-electron chi connectivity index (χ1n) is 6.75. The van der Waals surface area contributed by atoms with Crippen LogP contribution in [0.4, 0.5) is 5.69 Å². The summed E-state index contributed by atoms with van der Waals surface area (Å²) in [5.74, 6) is 0.152. The highest BCUT2D eigenvalue weighted by atomic mass is 35.5. The van der Waals surface area contributed by atoms with Crippen LogP contribution < -0.4 is 10.1 Å². The van der Waals surface area contributed by atoms with E-state index in [9.17, 15) is 4.79 Å². The number of nitrogens with one attached hydrogen (secondary N) is 1. The molecule has 0 saturated heterocycles. The molecule has 1 amide bonds. The van der Waals surface area contributed by atoms with Crippen molar-refractivity contribution in [3.8, 4) is 5.75 Å². The number of ether oxygens (including phenoxy) is 1. The van der Waals surface area contributed by atoms with Crippen molar-refractivity contribution in [1.82, 2.24) is 4.98 Å². The van der Waals surface area contributed by atoms with Gasteiger partial charge in [0.2, 0.25) is 0 Å². The van der Waals surface area contributed by atoms with Crippen molar-refractivity contribution in [1.29, 1.82) is 0 Å². The second kappa shape index (κ2) is 7.24. The standard InChI is InChI=1S/C16H17ClN2O3/c1-10-5-11(2)16(14(17)6-10)19-15(21)9-22-13-4-3-12(8-20)18-7-13/h3-7,20H,8-9H2,1-2H3,(H,19,21). The minimum atomic E-state index is -0.305. The van der Waals surface area contributed by atoms with Crippen molar-refractivity contribution < 1.29 is 14.6 Å². The van der Waals surface area contributed by atoms with E-state index in [0.717, 1.165) is 11.1 Å². The molecule has 0 aliphatic rings. The van der Waals surface area contributed by atoms with Gasteiger partial charge >= 0.3 is 0 Å². The van der Waals surface area contributed by atoms with Crippen LogP contribution in [-0.4, -0.2) is 22.6 Å². The van der Waals surface area contributed by atoms with Crippen molar-refractivity contribution in [2.45, 2.75) is 20.5 Å². The number of pyridine rings is 1. The van der Waals surface area contributed by atoms with E-state index in [-0.39, 0.29) is 19.1 Å². The maximum Gasteiger partial charge on any atom is 0.262 e. The van der Waals surface area contributed by atoms with Crippen LogP contribution in [0.2, 0.25) is 5.02 Å². The summed E-state index contributed by atoms with van der Waals surface area (Å²) < 4.78 is 5.34. The summed E-state index contributed by atoms with van der Waals surface area (Å²) in [6, 6.07) is 7.02. The van der Waals surface area contributed by atoms with E-state index >= 15 is 0 Å². The Morgan fingerprint density at radius 2 is 2.14 bits per heavy atom. The van der Waals surface area contributed by atoms with Crippen LogP contribution in [0.1, 0.15) is 16.8 Å². The van der Waals surface area contributed by atoms with Gasteiger partial charge in [-0.25, -0.2) is 0 Å². The van der Waals surface area contributed by atoms with Gasteiger partial charge in [0.25, 0.3) is 5.91 Å². The normalized spacial score (nSPS) is 10.4. The van der Waals surface area contributed by atoms with Crippen LogP contribution in [0.25, 0.3) is 0 Å². The van der Waals surface area contributed by atoms with E-state index in [1.165, 1.54) is 6.20 Å². The Balaban J connectivity index is 1.95. The fourth-order valence-electron chi connectivity index (χ4n) is 1.99. The number of halogens is 1. The maximum atomic E-state index is 11.9. The highest BCUT2D eigenvalue weighted by Gasteiger charge is 2.10. The third kappa shape index (κ3) is 4.19. The van der Waals surface area contributed by atoms with Crippen molar-refractivity contribution in [2.75, 3.05) is 11.9 Å². The third-order valence-electron chi connectivity index (χ3n) is 3.03. The van der Waals surface area contributed by atoms with Crippen molar-refractivity contribution in [2.24, 2.45) is 0 Å². The van der Waals surface area contributed by atoms with E-state index < -0.39 is 0 Å². The molecule has 0 aliphatic heterocycles. The smallest absolute Gasteiger partial charge is 0.262 e. The second-order valence-electron chi connectivity index (χ2n) is 4.92. The number of nitrogens with zero attached hydrogens (tertiary/aromatic N) is 1. The van der Waals surface area contributed by atoms with E-state index in [1.54, 1.807) is 18.2 Å². The predicted octanol–water partition coefficient (Wildman–Crippen LogP) is 2.86. The number of benzene rings is 1. The Labute approximate surface area is 133 Å². The fourth-order valence-corrected chi connectivity index (χ4v) is 2.36. The van der Waals surface area contributed by atoms with Gasteiger partial charge in [0, 0.05) is 0 Å². The van der Waals surface area contributed by atoms with Crippen LogP contribution in [-0.2, 0) is 11.4 Å². The first-order chi connectivity index (χ1) is 10.5. The van der Waals surface area contributed by atoms with Gasteiger partial charge in [-0.05, 0) is 43.2 Å². The summed E-state index contributed by atoms with van der Waals surface area (Å²) in [6.45, 7) is 3.54. The van der Waals surface area contributed by atoms with Gasteiger partial charge in [0.05, 0.1) is 29.2 Å². The number of anilines is 1. The Morgan fingerprint density at radius 3 is 2.73 bits per heavy atom. The molecule has 1 aromatic heterocycles. The van der Waals surface area contributed by atoms with Crippen molar-refractivity contribution >= 4 is 23.2 Å². The molecular weight excluding hydrogens is 304 g/mol. The second-order valence-corrected chi connectivity index (χ2v) is 5.33. The molecule has 5 nitrogen and oxygen atoms in total. The number of aromatic nitrogens is 1. The lowest BCUT2D eigenvalue weighted by Gasteiger charge is -2.12. The first kappa shape index (κ1) is 16.3. The average molecular weight is 321 g/mol. The average Bonchev–Trinajstić information content (AvgIpc) is 2.49. The molecular formula is C16H17ClN2O3. The molecule has 0 bridgehead atoms. The third-order valence-corrected chi connectivity index (χ3v) is 3.32. The molecule has 0 fully saturated rings. The number of hydrogen-bond donors (Lipinski definition) is 2. The summed E-state index contributed by atoms with van der Waals surface area (Å²) in [7, 11) is 0. The van der Waals surface area contributed by atoms with Crippen LogP contribution in [0.15, 0.2) is 30.5 Å². The molecule has 6 heteroatoms. The van der Waals surface area contributed by atoms with Crippen LogP contribution in [0.3, 0.4) is 0 Å². The van der Waals surface area contributed by atoms with E-state index in [4.69, 9.17) is 21.4 Å². The van der Waals surface area contributed by atoms with Gasteiger partial charge in [0.1, 0.15) is 5.75 Å². The lowest BCUT2D eigenvalue weighted by Crippen LogP contribution is -2.21. The molecule has 2 aromatic rings. The van der Waals surface area contributed by atoms with Gasteiger partial charge in [-0.3, -0.25) is 9.78 Å². The molecule has 2 N–H and O–H groups in total. The van der Waals surface area contributed by atoms with E-state index in [0.29, 0.717) is 22.2 Å². The first-order valence-corrected chi connectivity index (χ1v) is 7.12. The maximum absolute atomic E-state index is 11.9. The molecule has 1 aromatic carbocycles. The molecule has 0 saturated carbocycles. The van der Waals surface area contributed by atoms with Crippen LogP contribution >= 0.6 is 11.6 Å². The summed E-state index contributed by atoms with van der Waals surface area (Å²) in [5.41, 5.74) is 3.06. The molecule has 0 atom stereocenters.